The Balaban J connectivity index is 1.40. The molecule has 3 aromatic carbocycles. The van der Waals surface area contributed by atoms with Crippen LogP contribution in [0.1, 0.15) is 37.7 Å². The van der Waals surface area contributed by atoms with Crippen LogP contribution < -0.4 is 0 Å². The average Bonchev–Trinajstić information content (AvgIpc) is 3.22. The summed E-state index contributed by atoms with van der Waals surface area (Å²) in [6.07, 6.45) is 0. The van der Waals surface area contributed by atoms with Crippen molar-refractivity contribution in [1.29, 1.82) is 0 Å². The van der Waals surface area contributed by atoms with Crippen molar-refractivity contribution >= 4 is 21.6 Å². The van der Waals surface area contributed by atoms with E-state index in [9.17, 15) is 18.0 Å². The third kappa shape index (κ3) is 3.54. The van der Waals surface area contributed by atoms with Crippen LogP contribution in [0.15, 0.2) is 87.0 Å². The normalized spacial score (nSPS) is 13.8. The summed E-state index contributed by atoms with van der Waals surface area (Å²) >= 11 is 0. The first-order valence-corrected chi connectivity index (χ1v) is 11.6. The number of esters is 1. The second kappa shape index (κ2) is 7.83. The number of benzene rings is 3. The van der Waals surface area contributed by atoms with Gasteiger partial charge in [0.2, 0.25) is 15.7 Å². The van der Waals surface area contributed by atoms with Crippen LogP contribution in [-0.4, -0.2) is 25.2 Å². The monoisotopic (exact) mass is 459 g/mol. The standard InChI is InChI=1S/C25H17NO6S/c1-15-20(26-24(32-15)16-7-3-2-4-8-16)14-31-25(28)17-11-12-19-22(13-17)33(29,30)21-10-6-5-9-18(21)23(19)27/h2-13H,14H2,1H3. The van der Waals surface area contributed by atoms with E-state index in [1.54, 1.807) is 19.1 Å². The zero-order chi connectivity index (χ0) is 23.2. The molecule has 33 heavy (non-hydrogen) atoms. The fourth-order valence-corrected chi connectivity index (χ4v) is 5.37. The van der Waals surface area contributed by atoms with Crippen molar-refractivity contribution < 1.29 is 27.2 Å². The third-order valence-corrected chi connectivity index (χ3v) is 7.28. The van der Waals surface area contributed by atoms with E-state index in [0.717, 1.165) is 5.56 Å². The van der Waals surface area contributed by atoms with E-state index in [1.165, 1.54) is 30.3 Å². The lowest BCUT2D eigenvalue weighted by Crippen LogP contribution is -2.21. The number of rotatable bonds is 4. The maximum absolute atomic E-state index is 13.1. The Morgan fingerprint density at radius 2 is 1.64 bits per heavy atom. The molecule has 0 saturated carbocycles. The van der Waals surface area contributed by atoms with Gasteiger partial charge in [0.25, 0.3) is 0 Å². The number of aryl methyl sites for hydroxylation is 1. The summed E-state index contributed by atoms with van der Waals surface area (Å²) in [5.74, 6) is -0.210. The second-order valence-electron chi connectivity index (χ2n) is 7.50. The highest BCUT2D eigenvalue weighted by molar-refractivity contribution is 7.91. The molecule has 2 heterocycles. The quantitative estimate of drug-likeness (QED) is 0.367. The Hall–Kier alpha value is -4.04. The van der Waals surface area contributed by atoms with Gasteiger partial charge in [0.1, 0.15) is 18.1 Å². The molecule has 164 valence electrons. The predicted molar refractivity (Wildman–Crippen MR) is 118 cm³/mol. The number of ether oxygens (including phenoxy) is 1. The molecule has 1 aliphatic heterocycles. The molecule has 4 aromatic rings. The fourth-order valence-electron chi connectivity index (χ4n) is 3.69. The van der Waals surface area contributed by atoms with Crippen LogP contribution in [0.5, 0.6) is 0 Å². The van der Waals surface area contributed by atoms with Crippen molar-refractivity contribution in [2.75, 3.05) is 0 Å². The lowest BCUT2D eigenvalue weighted by atomic mass is 10.0. The van der Waals surface area contributed by atoms with Crippen LogP contribution in [0, 0.1) is 6.92 Å². The molecule has 8 heteroatoms. The lowest BCUT2D eigenvalue weighted by molar-refractivity contribution is 0.0466. The van der Waals surface area contributed by atoms with Gasteiger partial charge < -0.3 is 9.15 Å². The molecule has 0 aliphatic carbocycles. The number of carbonyl (C=O) groups excluding carboxylic acids is 2. The molecule has 0 radical (unpaired) electrons. The Morgan fingerprint density at radius 1 is 0.939 bits per heavy atom. The molecule has 0 bridgehead atoms. The minimum Gasteiger partial charge on any atom is -0.455 e. The van der Waals surface area contributed by atoms with Gasteiger partial charge in [0.05, 0.1) is 15.4 Å². The van der Waals surface area contributed by atoms with Gasteiger partial charge >= 0.3 is 5.97 Å². The Bertz CT molecular complexity index is 1520. The van der Waals surface area contributed by atoms with Gasteiger partial charge in [-0.05, 0) is 49.4 Å². The third-order valence-electron chi connectivity index (χ3n) is 5.43. The molecular weight excluding hydrogens is 442 g/mol. The molecule has 0 spiro atoms. The zero-order valence-electron chi connectivity index (χ0n) is 17.4. The molecule has 7 nitrogen and oxygen atoms in total. The maximum atomic E-state index is 13.1. The zero-order valence-corrected chi connectivity index (χ0v) is 18.3. The van der Waals surface area contributed by atoms with Gasteiger partial charge in [-0.25, -0.2) is 18.2 Å². The van der Waals surface area contributed by atoms with Crippen LogP contribution >= 0.6 is 0 Å². The van der Waals surface area contributed by atoms with E-state index in [0.29, 0.717) is 17.3 Å². The van der Waals surface area contributed by atoms with Crippen molar-refractivity contribution in [2.45, 2.75) is 23.3 Å². The summed E-state index contributed by atoms with van der Waals surface area (Å²) in [5.41, 5.74) is 1.43. The average molecular weight is 459 g/mol. The van der Waals surface area contributed by atoms with Crippen LogP contribution in [-0.2, 0) is 21.2 Å². The summed E-state index contributed by atoms with van der Waals surface area (Å²) in [6, 6.07) is 19.3. The maximum Gasteiger partial charge on any atom is 0.338 e. The topological polar surface area (TPSA) is 104 Å². The molecule has 1 aliphatic rings. The van der Waals surface area contributed by atoms with Gasteiger partial charge in [-0.2, -0.15) is 0 Å². The highest BCUT2D eigenvalue weighted by Gasteiger charge is 2.35. The summed E-state index contributed by atoms with van der Waals surface area (Å²) in [7, 11) is -3.95. The van der Waals surface area contributed by atoms with E-state index in [-0.39, 0.29) is 33.1 Å². The van der Waals surface area contributed by atoms with Crippen LogP contribution in [0.25, 0.3) is 11.5 Å². The van der Waals surface area contributed by atoms with Crippen LogP contribution in [0.3, 0.4) is 0 Å². The molecular formula is C25H17NO6S. The number of hydrogen-bond acceptors (Lipinski definition) is 7. The number of fused-ring (bicyclic) bond motifs is 2. The first-order chi connectivity index (χ1) is 15.9. The minimum atomic E-state index is -3.95. The SMILES string of the molecule is Cc1oc(-c2ccccc2)nc1COC(=O)c1ccc2c(c1)S(=O)(=O)c1ccccc1C2=O. The highest BCUT2D eigenvalue weighted by atomic mass is 32.2. The number of nitrogens with zero attached hydrogens (tertiary/aromatic N) is 1. The van der Waals surface area contributed by atoms with Crippen molar-refractivity contribution in [2.24, 2.45) is 0 Å². The largest absolute Gasteiger partial charge is 0.455 e. The van der Waals surface area contributed by atoms with E-state index in [1.807, 2.05) is 30.3 Å². The number of sulfone groups is 1. The molecule has 0 N–H and O–H groups in total. The fraction of sp³-hybridized carbons (Fsp3) is 0.0800. The molecule has 0 fully saturated rings. The first kappa shape index (κ1) is 20.8. The van der Waals surface area contributed by atoms with Gasteiger partial charge in [-0.3, -0.25) is 4.79 Å². The molecule has 0 unspecified atom stereocenters. The molecule has 0 atom stereocenters. The van der Waals surface area contributed by atoms with Gasteiger partial charge in [0, 0.05) is 16.7 Å². The predicted octanol–water partition coefficient (Wildman–Crippen LogP) is 4.38. The van der Waals surface area contributed by atoms with Gasteiger partial charge in [-0.1, -0.05) is 30.3 Å². The van der Waals surface area contributed by atoms with Crippen molar-refractivity contribution in [1.82, 2.24) is 4.98 Å². The molecule has 0 saturated heterocycles. The van der Waals surface area contributed by atoms with E-state index in [4.69, 9.17) is 9.15 Å². The van der Waals surface area contributed by atoms with Gasteiger partial charge in [-0.15, -0.1) is 0 Å². The van der Waals surface area contributed by atoms with E-state index in [2.05, 4.69) is 4.98 Å². The van der Waals surface area contributed by atoms with Gasteiger partial charge in [0.15, 0.2) is 5.78 Å². The van der Waals surface area contributed by atoms with E-state index < -0.39 is 21.6 Å². The van der Waals surface area contributed by atoms with Crippen LogP contribution in [0.4, 0.5) is 0 Å². The molecule has 0 amide bonds. The Labute approximate surface area is 189 Å². The number of carbonyl (C=O) groups is 2. The summed E-state index contributed by atoms with van der Waals surface area (Å²) in [6.45, 7) is 1.57. The summed E-state index contributed by atoms with van der Waals surface area (Å²) in [5, 5.41) is 0. The Morgan fingerprint density at radius 3 is 2.42 bits per heavy atom. The number of aromatic nitrogens is 1. The van der Waals surface area contributed by atoms with Crippen molar-refractivity contribution in [3.8, 4) is 11.5 Å². The first-order valence-electron chi connectivity index (χ1n) is 10.1. The second-order valence-corrected chi connectivity index (χ2v) is 9.39. The molecule has 1 aromatic heterocycles. The number of ketones is 1. The van der Waals surface area contributed by atoms with Crippen molar-refractivity contribution in [3.05, 3.63) is 101 Å². The molecule has 5 rings (SSSR count). The summed E-state index contributed by atoms with van der Waals surface area (Å²) in [4.78, 5) is 29.5. The van der Waals surface area contributed by atoms with Crippen molar-refractivity contribution in [3.63, 3.8) is 0 Å². The lowest BCUT2D eigenvalue weighted by Gasteiger charge is -2.19. The summed E-state index contributed by atoms with van der Waals surface area (Å²) < 4.78 is 37.1. The number of hydrogen-bond donors (Lipinski definition) is 0. The minimum absolute atomic E-state index is 0.0222. The smallest absolute Gasteiger partial charge is 0.338 e. The van der Waals surface area contributed by atoms with E-state index >= 15 is 0 Å². The Kier molecular flexibility index (Phi) is 4.94. The highest BCUT2D eigenvalue weighted by Crippen LogP contribution is 2.35. The number of oxazole rings is 1. The van der Waals surface area contributed by atoms with Crippen LogP contribution in [0.2, 0.25) is 0 Å².